The number of nitrogens with one attached hydrogen (secondary N) is 1. The molecule has 0 saturated carbocycles. The first kappa shape index (κ1) is 17.0. The molecule has 3 aromatic rings. The maximum Gasteiger partial charge on any atom is 0.0740 e. The van der Waals surface area contributed by atoms with Crippen molar-refractivity contribution in [3.8, 4) is 0 Å². The molecule has 3 aromatic carbocycles. The van der Waals surface area contributed by atoms with E-state index in [0.29, 0.717) is 0 Å². The van der Waals surface area contributed by atoms with Gasteiger partial charge in [-0.2, -0.15) is 0 Å². The highest BCUT2D eigenvalue weighted by atomic mass is 16.5. The molecule has 2 nitrogen and oxygen atoms in total. The Kier molecular flexibility index (Phi) is 5.44. The zero-order valence-electron chi connectivity index (χ0n) is 15.0. The second-order valence-corrected chi connectivity index (χ2v) is 6.90. The zero-order chi connectivity index (χ0) is 17.6. The van der Waals surface area contributed by atoms with Gasteiger partial charge in [0.2, 0.25) is 0 Å². The van der Waals surface area contributed by atoms with Crippen molar-refractivity contribution in [1.82, 2.24) is 5.32 Å². The number of morpholine rings is 1. The summed E-state index contributed by atoms with van der Waals surface area (Å²) in [7, 11) is 0. The van der Waals surface area contributed by atoms with Gasteiger partial charge in [-0.3, -0.25) is 0 Å². The van der Waals surface area contributed by atoms with E-state index in [2.05, 4.69) is 90.2 Å². The van der Waals surface area contributed by atoms with Gasteiger partial charge in [0.25, 0.3) is 0 Å². The molecule has 1 atom stereocenters. The highest BCUT2D eigenvalue weighted by Gasteiger charge is 2.17. The van der Waals surface area contributed by atoms with Gasteiger partial charge in [0.15, 0.2) is 0 Å². The van der Waals surface area contributed by atoms with Gasteiger partial charge in [-0.25, -0.2) is 0 Å². The highest BCUT2D eigenvalue weighted by Crippen LogP contribution is 2.32. The predicted molar refractivity (Wildman–Crippen MR) is 107 cm³/mol. The van der Waals surface area contributed by atoms with Crippen LogP contribution in [0.2, 0.25) is 0 Å². The van der Waals surface area contributed by atoms with Crippen molar-refractivity contribution in [2.45, 2.75) is 18.4 Å². The maximum absolute atomic E-state index is 5.84. The van der Waals surface area contributed by atoms with Crippen LogP contribution in [0.25, 0.3) is 0 Å². The zero-order valence-corrected chi connectivity index (χ0v) is 15.0. The van der Waals surface area contributed by atoms with Crippen molar-refractivity contribution >= 4 is 0 Å². The quantitative estimate of drug-likeness (QED) is 0.694. The molecule has 1 fully saturated rings. The van der Waals surface area contributed by atoms with E-state index in [4.69, 9.17) is 4.74 Å². The first-order chi connectivity index (χ1) is 12.9. The molecule has 1 aliphatic rings. The van der Waals surface area contributed by atoms with Crippen LogP contribution < -0.4 is 5.32 Å². The highest BCUT2D eigenvalue weighted by molar-refractivity contribution is 5.43. The number of benzene rings is 3. The number of rotatable bonds is 5. The minimum atomic E-state index is 0.263. The van der Waals surface area contributed by atoms with E-state index in [1.54, 1.807) is 0 Å². The predicted octanol–water partition coefficient (Wildman–Crippen LogP) is 4.40. The molecule has 1 unspecified atom stereocenters. The summed E-state index contributed by atoms with van der Waals surface area (Å²) in [5.74, 6) is 0.263. The largest absolute Gasteiger partial charge is 0.375 e. The number of ether oxygens (including phenoxy) is 1. The lowest BCUT2D eigenvalue weighted by Crippen LogP contribution is -2.39. The molecule has 0 spiro atoms. The van der Waals surface area contributed by atoms with E-state index < -0.39 is 0 Å². The van der Waals surface area contributed by atoms with Gasteiger partial charge >= 0.3 is 0 Å². The van der Waals surface area contributed by atoms with Crippen LogP contribution >= 0.6 is 0 Å². The van der Waals surface area contributed by atoms with E-state index >= 15 is 0 Å². The van der Waals surface area contributed by atoms with Crippen LogP contribution in [0.1, 0.15) is 28.2 Å². The van der Waals surface area contributed by atoms with Crippen LogP contribution in [0.4, 0.5) is 0 Å². The van der Waals surface area contributed by atoms with E-state index in [1.165, 1.54) is 22.3 Å². The molecule has 1 N–H and O–H groups in total. The van der Waals surface area contributed by atoms with E-state index in [-0.39, 0.29) is 12.0 Å². The first-order valence-electron chi connectivity index (χ1n) is 9.41. The summed E-state index contributed by atoms with van der Waals surface area (Å²) < 4.78 is 5.84. The smallest absolute Gasteiger partial charge is 0.0740 e. The minimum absolute atomic E-state index is 0.263. The Morgan fingerprint density at radius 2 is 1.35 bits per heavy atom. The SMILES string of the molecule is c1ccc(C(c2ccccc2)c2ccc(CC3CNCCO3)cc2)cc1. The molecule has 2 heteroatoms. The average molecular weight is 343 g/mol. The van der Waals surface area contributed by atoms with E-state index in [0.717, 1.165) is 26.1 Å². The lowest BCUT2D eigenvalue weighted by Gasteiger charge is -2.24. The maximum atomic E-state index is 5.84. The van der Waals surface area contributed by atoms with Gasteiger partial charge in [0.1, 0.15) is 0 Å². The van der Waals surface area contributed by atoms with Crippen molar-refractivity contribution in [2.75, 3.05) is 19.7 Å². The fraction of sp³-hybridized carbons (Fsp3) is 0.250. The number of hydrogen-bond acceptors (Lipinski definition) is 2. The van der Waals surface area contributed by atoms with Crippen molar-refractivity contribution in [3.63, 3.8) is 0 Å². The summed E-state index contributed by atoms with van der Waals surface area (Å²) in [5.41, 5.74) is 5.31. The molecule has 26 heavy (non-hydrogen) atoms. The Morgan fingerprint density at radius 1 is 0.769 bits per heavy atom. The number of hydrogen-bond donors (Lipinski definition) is 1. The van der Waals surface area contributed by atoms with Gasteiger partial charge in [0, 0.05) is 19.0 Å². The van der Waals surface area contributed by atoms with E-state index in [9.17, 15) is 0 Å². The van der Waals surface area contributed by atoms with Gasteiger partial charge < -0.3 is 10.1 Å². The van der Waals surface area contributed by atoms with Crippen molar-refractivity contribution in [1.29, 1.82) is 0 Å². The van der Waals surface area contributed by atoms with Gasteiger partial charge in [-0.15, -0.1) is 0 Å². The Morgan fingerprint density at radius 3 is 1.88 bits per heavy atom. The Hall–Kier alpha value is -2.42. The molecule has 132 valence electrons. The monoisotopic (exact) mass is 343 g/mol. The van der Waals surface area contributed by atoms with Crippen LogP contribution in [0.3, 0.4) is 0 Å². The van der Waals surface area contributed by atoms with Crippen LogP contribution in [0.5, 0.6) is 0 Å². The summed E-state index contributed by atoms with van der Waals surface area (Å²) in [6.45, 7) is 2.72. The summed E-state index contributed by atoms with van der Waals surface area (Å²) in [4.78, 5) is 0. The molecule has 0 bridgehead atoms. The van der Waals surface area contributed by atoms with E-state index in [1.807, 2.05) is 0 Å². The standard InChI is InChI=1S/C24H25NO/c1-3-7-20(8-4-1)24(21-9-5-2-6-10-21)22-13-11-19(12-14-22)17-23-18-25-15-16-26-23/h1-14,23-25H,15-18H2. The average Bonchev–Trinajstić information content (AvgIpc) is 2.72. The summed E-state index contributed by atoms with van der Waals surface area (Å²) >= 11 is 0. The molecule has 0 aliphatic carbocycles. The molecular weight excluding hydrogens is 318 g/mol. The van der Waals surface area contributed by atoms with Gasteiger partial charge in [0.05, 0.1) is 12.7 Å². The lowest BCUT2D eigenvalue weighted by atomic mass is 9.85. The molecule has 4 rings (SSSR count). The molecule has 1 heterocycles. The van der Waals surface area contributed by atoms with Crippen molar-refractivity contribution in [2.24, 2.45) is 0 Å². The first-order valence-corrected chi connectivity index (χ1v) is 9.41. The molecule has 0 amide bonds. The molecule has 1 aliphatic heterocycles. The minimum Gasteiger partial charge on any atom is -0.375 e. The molecule has 1 saturated heterocycles. The molecular formula is C24H25NO. The van der Waals surface area contributed by atoms with Crippen LogP contribution in [0.15, 0.2) is 84.9 Å². The Labute approximate surface area is 155 Å². The van der Waals surface area contributed by atoms with Crippen molar-refractivity contribution < 1.29 is 4.74 Å². The molecule has 0 radical (unpaired) electrons. The van der Waals surface area contributed by atoms with Crippen LogP contribution in [-0.2, 0) is 11.2 Å². The Bertz CT molecular complexity index is 753. The topological polar surface area (TPSA) is 21.3 Å². The van der Waals surface area contributed by atoms with Crippen molar-refractivity contribution in [3.05, 3.63) is 107 Å². The second kappa shape index (κ2) is 8.31. The fourth-order valence-corrected chi connectivity index (χ4v) is 3.73. The summed E-state index contributed by atoms with van der Waals surface area (Å²) in [6.07, 6.45) is 1.25. The third-order valence-corrected chi connectivity index (χ3v) is 5.05. The second-order valence-electron chi connectivity index (χ2n) is 6.90. The third kappa shape index (κ3) is 4.04. The third-order valence-electron chi connectivity index (χ3n) is 5.05. The Balaban J connectivity index is 1.59. The summed E-state index contributed by atoms with van der Waals surface area (Å²) in [5, 5.41) is 3.40. The van der Waals surface area contributed by atoms with Crippen LogP contribution in [-0.4, -0.2) is 25.8 Å². The summed E-state index contributed by atoms with van der Waals surface area (Å²) in [6, 6.07) is 30.5. The fourth-order valence-electron chi connectivity index (χ4n) is 3.73. The molecule has 0 aromatic heterocycles. The van der Waals surface area contributed by atoms with Gasteiger partial charge in [-0.05, 0) is 28.7 Å². The van der Waals surface area contributed by atoms with Gasteiger partial charge in [-0.1, -0.05) is 84.9 Å². The van der Waals surface area contributed by atoms with Crippen LogP contribution in [0, 0.1) is 0 Å². The lowest BCUT2D eigenvalue weighted by molar-refractivity contribution is 0.0292. The normalized spacial score (nSPS) is 17.3.